The monoisotopic (exact) mass is 405 g/mol. The molecule has 1 aliphatic carbocycles. The second kappa shape index (κ2) is 9.92. The summed E-state index contributed by atoms with van der Waals surface area (Å²) in [5, 5.41) is 0. The number of carbonyl (C=O) groups is 2. The third kappa shape index (κ3) is 5.29. The summed E-state index contributed by atoms with van der Waals surface area (Å²) in [5.41, 5.74) is 2.02. The van der Waals surface area contributed by atoms with Crippen molar-refractivity contribution >= 4 is 11.9 Å². The van der Waals surface area contributed by atoms with Crippen LogP contribution in [0.1, 0.15) is 43.2 Å². The first-order valence-electron chi connectivity index (χ1n) is 11.2. The van der Waals surface area contributed by atoms with Crippen molar-refractivity contribution in [2.75, 3.05) is 13.1 Å². The molecule has 4 nitrogen and oxygen atoms in total. The first-order valence-corrected chi connectivity index (χ1v) is 11.2. The molecule has 0 radical (unpaired) electrons. The van der Waals surface area contributed by atoms with Crippen molar-refractivity contribution in [2.45, 2.75) is 45.1 Å². The summed E-state index contributed by atoms with van der Waals surface area (Å²) in [6, 6.07) is 19.6. The second-order valence-corrected chi connectivity index (χ2v) is 8.79. The van der Waals surface area contributed by atoms with Gasteiger partial charge in [-0.3, -0.25) is 9.59 Å². The van der Waals surface area contributed by atoms with E-state index >= 15 is 0 Å². The van der Waals surface area contributed by atoms with Crippen molar-refractivity contribution in [1.82, 2.24) is 4.90 Å². The average molecular weight is 406 g/mol. The van der Waals surface area contributed by atoms with Gasteiger partial charge >= 0.3 is 5.97 Å². The minimum atomic E-state index is -0.453. The molecular weight excluding hydrogens is 374 g/mol. The number of amides is 1. The van der Waals surface area contributed by atoms with Crippen molar-refractivity contribution < 1.29 is 14.3 Å². The molecule has 2 aromatic carbocycles. The van der Waals surface area contributed by atoms with Crippen LogP contribution in [0.5, 0.6) is 0 Å². The van der Waals surface area contributed by atoms with Crippen molar-refractivity contribution in [3.63, 3.8) is 0 Å². The Hall–Kier alpha value is -2.62. The molecule has 0 spiro atoms. The number of esters is 1. The molecule has 0 aromatic heterocycles. The number of hydrogen-bond acceptors (Lipinski definition) is 3. The molecule has 1 saturated heterocycles. The van der Waals surface area contributed by atoms with Gasteiger partial charge in [0.1, 0.15) is 6.61 Å². The smallest absolute Gasteiger partial charge is 0.310 e. The molecule has 158 valence electrons. The van der Waals surface area contributed by atoms with Gasteiger partial charge in [-0.25, -0.2) is 0 Å². The average Bonchev–Trinajstić information content (AvgIpc) is 3.23. The molecule has 1 aliphatic heterocycles. The van der Waals surface area contributed by atoms with Gasteiger partial charge in [0.2, 0.25) is 5.91 Å². The molecule has 1 amide bonds. The largest absolute Gasteiger partial charge is 0.461 e. The second-order valence-electron chi connectivity index (χ2n) is 8.79. The van der Waals surface area contributed by atoms with E-state index < -0.39 is 5.92 Å². The van der Waals surface area contributed by atoms with Crippen LogP contribution in [0.4, 0.5) is 0 Å². The van der Waals surface area contributed by atoms with Gasteiger partial charge in [-0.1, -0.05) is 73.5 Å². The fourth-order valence-electron chi connectivity index (χ4n) is 4.93. The highest BCUT2D eigenvalue weighted by Crippen LogP contribution is 2.36. The summed E-state index contributed by atoms with van der Waals surface area (Å²) in [6.45, 7) is 1.97. The molecule has 2 aliphatic rings. The Morgan fingerprint density at radius 2 is 1.43 bits per heavy atom. The molecule has 1 heterocycles. The van der Waals surface area contributed by atoms with Crippen LogP contribution in [-0.4, -0.2) is 29.9 Å². The minimum absolute atomic E-state index is 0.0991. The first kappa shape index (κ1) is 20.6. The van der Waals surface area contributed by atoms with Gasteiger partial charge in [0.15, 0.2) is 0 Å². The zero-order chi connectivity index (χ0) is 20.8. The third-order valence-corrected chi connectivity index (χ3v) is 6.63. The van der Waals surface area contributed by atoms with Crippen LogP contribution < -0.4 is 0 Å². The Morgan fingerprint density at radius 3 is 2.03 bits per heavy atom. The predicted octanol–water partition coefficient (Wildman–Crippen LogP) is 4.63. The first-order chi connectivity index (χ1) is 14.7. The minimum Gasteiger partial charge on any atom is -0.461 e. The highest BCUT2D eigenvalue weighted by molar-refractivity contribution is 5.83. The van der Waals surface area contributed by atoms with Crippen LogP contribution in [0.15, 0.2) is 60.7 Å². The summed E-state index contributed by atoms with van der Waals surface area (Å²) in [5.74, 6) is 0.668. The van der Waals surface area contributed by atoms with E-state index in [-0.39, 0.29) is 24.9 Å². The molecule has 0 N–H and O–H groups in total. The number of benzene rings is 2. The van der Waals surface area contributed by atoms with Gasteiger partial charge in [-0.05, 0) is 42.2 Å². The number of hydrogen-bond donors (Lipinski definition) is 0. The fourth-order valence-corrected chi connectivity index (χ4v) is 4.93. The molecule has 0 unspecified atom stereocenters. The van der Waals surface area contributed by atoms with E-state index in [4.69, 9.17) is 4.74 Å². The summed E-state index contributed by atoms with van der Waals surface area (Å²) < 4.78 is 5.61. The molecule has 2 fully saturated rings. The Morgan fingerprint density at radius 1 is 0.867 bits per heavy atom. The van der Waals surface area contributed by atoms with Gasteiger partial charge in [0.25, 0.3) is 0 Å². The highest BCUT2D eigenvalue weighted by Gasteiger charge is 2.37. The number of ether oxygens (including phenoxy) is 1. The number of nitrogens with zero attached hydrogens (tertiary/aromatic N) is 1. The van der Waals surface area contributed by atoms with Crippen LogP contribution in [0.3, 0.4) is 0 Å². The number of rotatable bonds is 7. The van der Waals surface area contributed by atoms with E-state index in [9.17, 15) is 9.59 Å². The lowest BCUT2D eigenvalue weighted by atomic mass is 9.82. The van der Waals surface area contributed by atoms with Crippen LogP contribution >= 0.6 is 0 Å². The maximum atomic E-state index is 13.1. The topological polar surface area (TPSA) is 46.6 Å². The van der Waals surface area contributed by atoms with E-state index in [1.807, 2.05) is 65.6 Å². The Labute approximate surface area is 179 Å². The van der Waals surface area contributed by atoms with Gasteiger partial charge in [0.05, 0.1) is 5.92 Å². The molecule has 0 bridgehead atoms. The fraction of sp³-hybridized carbons (Fsp3) is 0.462. The number of fused-ring (bicyclic) bond motifs is 1. The standard InChI is InChI=1S/C26H31NO3/c28-25(27-17-22-13-7-8-14-23(22)18-27)16-24(15-20-9-3-1-4-10-20)26(29)30-19-21-11-5-2-6-12-21/h1-6,9-12,22-24H,7-8,13-19H2/t22-,23+,24-/m0/s1. The zero-order valence-electron chi connectivity index (χ0n) is 17.5. The predicted molar refractivity (Wildman–Crippen MR) is 117 cm³/mol. The van der Waals surface area contributed by atoms with E-state index in [1.165, 1.54) is 25.7 Å². The van der Waals surface area contributed by atoms with Gasteiger partial charge < -0.3 is 9.64 Å². The summed E-state index contributed by atoms with van der Waals surface area (Å²) >= 11 is 0. The van der Waals surface area contributed by atoms with Crippen LogP contribution in [0.25, 0.3) is 0 Å². The maximum absolute atomic E-state index is 13.1. The highest BCUT2D eigenvalue weighted by atomic mass is 16.5. The van der Waals surface area contributed by atoms with Crippen molar-refractivity contribution in [3.05, 3.63) is 71.8 Å². The molecule has 4 rings (SSSR count). The van der Waals surface area contributed by atoms with E-state index in [0.29, 0.717) is 18.3 Å². The molecule has 2 aromatic rings. The molecule has 30 heavy (non-hydrogen) atoms. The SMILES string of the molecule is O=C(OCc1ccccc1)[C@H](CC(=O)N1C[C@H]2CCCC[C@H]2C1)Cc1ccccc1. The number of carbonyl (C=O) groups excluding carboxylic acids is 2. The van der Waals surface area contributed by atoms with Gasteiger partial charge in [-0.2, -0.15) is 0 Å². The van der Waals surface area contributed by atoms with Crippen LogP contribution in [0, 0.1) is 17.8 Å². The Bertz CT molecular complexity index is 822. The van der Waals surface area contributed by atoms with E-state index in [1.54, 1.807) is 0 Å². The van der Waals surface area contributed by atoms with Crippen molar-refractivity contribution in [1.29, 1.82) is 0 Å². The maximum Gasteiger partial charge on any atom is 0.310 e. The van der Waals surface area contributed by atoms with E-state index in [2.05, 4.69) is 0 Å². The molecule has 3 atom stereocenters. The normalized spacial score (nSPS) is 21.7. The van der Waals surface area contributed by atoms with Crippen molar-refractivity contribution in [2.24, 2.45) is 17.8 Å². The molecule has 4 heteroatoms. The summed E-state index contributed by atoms with van der Waals surface area (Å²) in [4.78, 5) is 28.0. The zero-order valence-corrected chi connectivity index (χ0v) is 17.5. The van der Waals surface area contributed by atoms with Crippen LogP contribution in [-0.2, 0) is 27.4 Å². The van der Waals surface area contributed by atoms with Gasteiger partial charge in [-0.15, -0.1) is 0 Å². The van der Waals surface area contributed by atoms with Gasteiger partial charge in [0, 0.05) is 19.5 Å². The summed E-state index contributed by atoms with van der Waals surface area (Å²) in [7, 11) is 0. The van der Waals surface area contributed by atoms with Crippen molar-refractivity contribution in [3.8, 4) is 0 Å². The Balaban J connectivity index is 1.40. The third-order valence-electron chi connectivity index (χ3n) is 6.63. The Kier molecular flexibility index (Phi) is 6.83. The lowest BCUT2D eigenvalue weighted by molar-refractivity contribution is -0.152. The molecule has 1 saturated carbocycles. The quantitative estimate of drug-likeness (QED) is 0.631. The lowest BCUT2D eigenvalue weighted by Crippen LogP contribution is -2.33. The van der Waals surface area contributed by atoms with E-state index in [0.717, 1.165) is 24.2 Å². The lowest BCUT2D eigenvalue weighted by Gasteiger charge is -2.22. The summed E-state index contributed by atoms with van der Waals surface area (Å²) in [6.07, 6.45) is 5.79. The number of likely N-dealkylation sites (tertiary alicyclic amines) is 1. The molecular formula is C26H31NO3. The van der Waals surface area contributed by atoms with Crippen LogP contribution in [0.2, 0.25) is 0 Å².